The molecule has 0 amide bonds. The summed E-state index contributed by atoms with van der Waals surface area (Å²) in [5.74, 6) is 0.571. The van der Waals surface area contributed by atoms with Gasteiger partial charge in [-0.25, -0.2) is 23.5 Å². The molecule has 1 atom stereocenters. The Kier molecular flexibility index (Phi) is 5.28. The van der Waals surface area contributed by atoms with Crippen LogP contribution in [0.5, 0.6) is 0 Å². The van der Waals surface area contributed by atoms with E-state index in [9.17, 15) is 13.6 Å². The van der Waals surface area contributed by atoms with E-state index < -0.39 is 18.1 Å². The minimum Gasteiger partial charge on any atom is -0.462 e. The topological polar surface area (TPSA) is 52.1 Å². The number of halogens is 2. The Bertz CT molecular complexity index is 479. The van der Waals surface area contributed by atoms with E-state index in [1.165, 1.54) is 0 Å². The molecule has 0 saturated carbocycles. The third kappa shape index (κ3) is 3.45. The van der Waals surface area contributed by atoms with Crippen LogP contribution >= 0.6 is 11.8 Å². The summed E-state index contributed by atoms with van der Waals surface area (Å²) in [6.07, 6.45) is 1.40. The normalized spacial score (nSPS) is 19.1. The summed E-state index contributed by atoms with van der Waals surface area (Å²) in [5.41, 5.74) is -0.772. The van der Waals surface area contributed by atoms with E-state index in [1.807, 2.05) is 0 Å². The summed E-state index contributed by atoms with van der Waals surface area (Å²) in [6.45, 7) is 1.75. The van der Waals surface area contributed by atoms with Crippen molar-refractivity contribution in [3.8, 4) is 0 Å². The van der Waals surface area contributed by atoms with Crippen LogP contribution in [0.25, 0.3) is 0 Å². The summed E-state index contributed by atoms with van der Waals surface area (Å²) in [5, 5.41) is 0.0393. The quantitative estimate of drug-likeness (QED) is 0.796. The summed E-state index contributed by atoms with van der Waals surface area (Å²) < 4.78 is 30.9. The highest BCUT2D eigenvalue weighted by atomic mass is 32.2. The Morgan fingerprint density at radius 1 is 1.55 bits per heavy atom. The van der Waals surface area contributed by atoms with Crippen molar-refractivity contribution in [2.45, 2.75) is 37.9 Å². The lowest BCUT2D eigenvalue weighted by molar-refractivity contribution is 0.0512. The van der Waals surface area contributed by atoms with Gasteiger partial charge >= 0.3 is 5.97 Å². The predicted octanol–water partition coefficient (Wildman–Crippen LogP) is 3.55. The van der Waals surface area contributed by atoms with Crippen LogP contribution in [0.15, 0.2) is 6.20 Å². The third-order valence-electron chi connectivity index (χ3n) is 3.01. The van der Waals surface area contributed by atoms with Crippen molar-refractivity contribution >= 4 is 17.7 Å². The first-order chi connectivity index (χ1) is 9.63. The minimum absolute atomic E-state index is 0.0393. The molecule has 4 nitrogen and oxygen atoms in total. The Labute approximate surface area is 120 Å². The molecular weight excluding hydrogens is 286 g/mol. The maximum Gasteiger partial charge on any atom is 0.341 e. The van der Waals surface area contributed by atoms with Crippen LogP contribution in [0.2, 0.25) is 0 Å². The molecular formula is C13H16F2N2O2S. The molecule has 1 unspecified atom stereocenters. The third-order valence-corrected chi connectivity index (χ3v) is 4.38. The molecule has 0 aliphatic carbocycles. The van der Waals surface area contributed by atoms with E-state index in [1.54, 1.807) is 18.7 Å². The lowest BCUT2D eigenvalue weighted by Crippen LogP contribution is -2.14. The van der Waals surface area contributed by atoms with E-state index >= 15 is 0 Å². The lowest BCUT2D eigenvalue weighted by atomic mass is 10.1. The van der Waals surface area contributed by atoms with Crippen LogP contribution in [-0.2, 0) is 4.74 Å². The van der Waals surface area contributed by atoms with Crippen LogP contribution in [0.3, 0.4) is 0 Å². The number of nitrogens with zero attached hydrogens (tertiary/aromatic N) is 2. The Hall–Kier alpha value is -1.24. The predicted molar refractivity (Wildman–Crippen MR) is 72.0 cm³/mol. The molecule has 0 bridgehead atoms. The van der Waals surface area contributed by atoms with Gasteiger partial charge in [0.1, 0.15) is 17.1 Å². The average molecular weight is 302 g/mol. The summed E-state index contributed by atoms with van der Waals surface area (Å²) in [6, 6.07) is 0. The zero-order valence-corrected chi connectivity index (χ0v) is 12.0. The van der Waals surface area contributed by atoms with E-state index in [0.717, 1.165) is 31.2 Å². The van der Waals surface area contributed by atoms with Crippen LogP contribution in [0.4, 0.5) is 8.78 Å². The van der Waals surface area contributed by atoms with Gasteiger partial charge in [-0.2, -0.15) is 11.8 Å². The van der Waals surface area contributed by atoms with Crippen LogP contribution in [-0.4, -0.2) is 28.3 Å². The SMILES string of the molecule is CCOC(=O)c1cnc(C2CCCCS2)nc1C(F)F. The number of hydrogen-bond donors (Lipinski definition) is 0. The first kappa shape index (κ1) is 15.2. The molecule has 1 saturated heterocycles. The minimum atomic E-state index is -2.82. The van der Waals surface area contributed by atoms with Crippen molar-refractivity contribution in [1.29, 1.82) is 0 Å². The monoisotopic (exact) mass is 302 g/mol. The number of carbonyl (C=O) groups excluding carboxylic acids is 1. The van der Waals surface area contributed by atoms with E-state index in [-0.39, 0.29) is 17.4 Å². The Morgan fingerprint density at radius 2 is 2.35 bits per heavy atom. The molecule has 2 heterocycles. The second kappa shape index (κ2) is 6.97. The number of alkyl halides is 2. The first-order valence-electron chi connectivity index (χ1n) is 6.57. The molecule has 1 aromatic heterocycles. The van der Waals surface area contributed by atoms with Gasteiger partial charge in [-0.15, -0.1) is 0 Å². The summed E-state index contributed by atoms with van der Waals surface area (Å²) >= 11 is 1.68. The van der Waals surface area contributed by atoms with Crippen LogP contribution in [0, 0.1) is 0 Å². The molecule has 110 valence electrons. The summed E-state index contributed by atoms with van der Waals surface area (Å²) in [7, 11) is 0. The molecule has 20 heavy (non-hydrogen) atoms. The van der Waals surface area contributed by atoms with Crippen LogP contribution in [0.1, 0.15) is 59.7 Å². The van der Waals surface area contributed by atoms with Gasteiger partial charge in [0.15, 0.2) is 0 Å². The fourth-order valence-electron chi connectivity index (χ4n) is 2.04. The van der Waals surface area contributed by atoms with Gasteiger partial charge in [0, 0.05) is 6.20 Å². The standard InChI is InChI=1S/C13H16F2N2O2S/c1-2-19-13(18)8-7-16-12(17-10(8)11(14)15)9-5-3-4-6-20-9/h7,9,11H,2-6H2,1H3. The smallest absolute Gasteiger partial charge is 0.341 e. The average Bonchev–Trinajstić information content (AvgIpc) is 2.47. The number of rotatable bonds is 4. The number of esters is 1. The highest BCUT2D eigenvalue weighted by Crippen LogP contribution is 2.37. The Balaban J connectivity index is 2.29. The maximum absolute atomic E-state index is 13.1. The zero-order chi connectivity index (χ0) is 14.5. The van der Waals surface area contributed by atoms with Gasteiger partial charge < -0.3 is 4.74 Å². The number of aromatic nitrogens is 2. The molecule has 1 aliphatic heterocycles. The molecule has 1 aliphatic rings. The van der Waals surface area contributed by atoms with Crippen molar-refractivity contribution in [3.05, 3.63) is 23.3 Å². The molecule has 7 heteroatoms. The van der Waals surface area contributed by atoms with Crippen molar-refractivity contribution in [2.75, 3.05) is 12.4 Å². The van der Waals surface area contributed by atoms with Gasteiger partial charge in [0.05, 0.1) is 11.9 Å². The number of carbonyl (C=O) groups is 1. The second-order valence-corrected chi connectivity index (χ2v) is 5.71. The number of ether oxygens (including phenoxy) is 1. The van der Waals surface area contributed by atoms with Crippen molar-refractivity contribution < 1.29 is 18.3 Å². The first-order valence-corrected chi connectivity index (χ1v) is 7.62. The fraction of sp³-hybridized carbons (Fsp3) is 0.615. The molecule has 0 spiro atoms. The molecule has 1 fully saturated rings. The number of hydrogen-bond acceptors (Lipinski definition) is 5. The van der Waals surface area contributed by atoms with Gasteiger partial charge in [-0.3, -0.25) is 0 Å². The highest BCUT2D eigenvalue weighted by molar-refractivity contribution is 7.99. The molecule has 0 N–H and O–H groups in total. The Morgan fingerprint density at radius 3 is 2.95 bits per heavy atom. The van der Waals surface area contributed by atoms with Gasteiger partial charge in [0.2, 0.25) is 0 Å². The molecule has 0 aromatic carbocycles. The number of thioether (sulfide) groups is 1. The zero-order valence-electron chi connectivity index (χ0n) is 11.1. The van der Waals surface area contributed by atoms with Crippen molar-refractivity contribution in [2.24, 2.45) is 0 Å². The summed E-state index contributed by atoms with van der Waals surface area (Å²) in [4.78, 5) is 19.6. The van der Waals surface area contributed by atoms with Gasteiger partial charge in [-0.05, 0) is 25.5 Å². The van der Waals surface area contributed by atoms with Gasteiger partial charge in [0.25, 0.3) is 6.43 Å². The molecule has 0 radical (unpaired) electrons. The van der Waals surface area contributed by atoms with E-state index in [4.69, 9.17) is 4.74 Å². The second-order valence-electron chi connectivity index (χ2n) is 4.40. The highest BCUT2D eigenvalue weighted by Gasteiger charge is 2.26. The van der Waals surface area contributed by atoms with Gasteiger partial charge in [-0.1, -0.05) is 6.42 Å². The lowest BCUT2D eigenvalue weighted by Gasteiger charge is -2.20. The molecule has 2 rings (SSSR count). The fourth-order valence-corrected chi connectivity index (χ4v) is 3.29. The van der Waals surface area contributed by atoms with E-state index in [2.05, 4.69) is 9.97 Å². The van der Waals surface area contributed by atoms with Crippen molar-refractivity contribution in [3.63, 3.8) is 0 Å². The molecule has 1 aromatic rings. The van der Waals surface area contributed by atoms with Crippen LogP contribution < -0.4 is 0 Å². The largest absolute Gasteiger partial charge is 0.462 e. The maximum atomic E-state index is 13.1. The van der Waals surface area contributed by atoms with E-state index in [0.29, 0.717) is 5.82 Å². The van der Waals surface area contributed by atoms with Crippen molar-refractivity contribution in [1.82, 2.24) is 9.97 Å².